The van der Waals surface area contributed by atoms with E-state index in [0.29, 0.717) is 16.3 Å². The van der Waals surface area contributed by atoms with Crippen LogP contribution in [0.3, 0.4) is 0 Å². The van der Waals surface area contributed by atoms with Gasteiger partial charge in [0.15, 0.2) is 0 Å². The molecule has 0 saturated heterocycles. The number of anilines is 2. The number of benzene rings is 4. The summed E-state index contributed by atoms with van der Waals surface area (Å²) in [5, 5.41) is 32.4. The lowest BCUT2D eigenvalue weighted by Gasteiger charge is -2.17. The van der Waals surface area contributed by atoms with Gasteiger partial charge >= 0.3 is 17.9 Å². The Kier molecular flexibility index (Phi) is 8.80. The largest absolute Gasteiger partial charge is 0.478 e. The summed E-state index contributed by atoms with van der Waals surface area (Å²) in [4.78, 5) is 60.6. The molecule has 0 aliphatic rings. The molecule has 0 fully saturated rings. The van der Waals surface area contributed by atoms with E-state index in [1.54, 1.807) is 24.3 Å². The number of rotatable bonds is 10. The van der Waals surface area contributed by atoms with Gasteiger partial charge in [0.25, 0.3) is 5.91 Å². The summed E-state index contributed by atoms with van der Waals surface area (Å²) in [7, 11) is 0. The van der Waals surface area contributed by atoms with Crippen LogP contribution in [-0.2, 0) is 4.79 Å². The van der Waals surface area contributed by atoms with Crippen molar-refractivity contribution in [2.75, 3.05) is 10.6 Å². The summed E-state index contributed by atoms with van der Waals surface area (Å²) in [5.41, 5.74) is 0.742. The molecule has 0 bridgehead atoms. The van der Waals surface area contributed by atoms with Crippen molar-refractivity contribution in [2.45, 2.75) is 10.1 Å². The van der Waals surface area contributed by atoms with Gasteiger partial charge in [-0.1, -0.05) is 30.3 Å². The zero-order valence-electron chi connectivity index (χ0n) is 21.1. The van der Waals surface area contributed by atoms with E-state index in [4.69, 9.17) is 10.2 Å². The highest BCUT2D eigenvalue weighted by molar-refractivity contribution is 8.00. The van der Waals surface area contributed by atoms with Crippen molar-refractivity contribution in [1.82, 2.24) is 0 Å². The Labute approximate surface area is 237 Å². The van der Waals surface area contributed by atoms with E-state index in [9.17, 15) is 29.1 Å². The predicted molar refractivity (Wildman–Crippen MR) is 152 cm³/mol. The standard InChI is InChI=1S/C30H22N2O8S/c33-26(23-15-8-19(29(37)38)16-24(23)30(39)40)31-21-11-13-22(14-12-21)41-25(17-4-2-1-3-5-17)27(34)32-20-9-6-18(7-10-20)28(35)36/h1-16,25H,(H,31,33)(H,32,34)(H,35,36)(H,37,38)(H,39,40). The van der Waals surface area contributed by atoms with Crippen LogP contribution in [0, 0.1) is 0 Å². The molecular formula is C30H22N2O8S. The van der Waals surface area contributed by atoms with Crippen LogP contribution < -0.4 is 10.6 Å². The van der Waals surface area contributed by atoms with Gasteiger partial charge in [-0.2, -0.15) is 0 Å². The fourth-order valence-corrected chi connectivity index (χ4v) is 4.83. The maximum Gasteiger partial charge on any atom is 0.336 e. The molecular weight excluding hydrogens is 548 g/mol. The molecule has 0 spiro atoms. The normalized spacial score (nSPS) is 11.2. The second kappa shape index (κ2) is 12.6. The molecule has 11 heteroatoms. The minimum absolute atomic E-state index is 0.0978. The zero-order chi connectivity index (χ0) is 29.5. The van der Waals surface area contributed by atoms with Crippen LogP contribution in [0.5, 0.6) is 0 Å². The molecule has 2 amide bonds. The molecule has 5 N–H and O–H groups in total. The van der Waals surface area contributed by atoms with E-state index in [-0.39, 0.29) is 22.6 Å². The Balaban J connectivity index is 1.50. The molecule has 41 heavy (non-hydrogen) atoms. The summed E-state index contributed by atoms with van der Waals surface area (Å²) >= 11 is 1.26. The maximum atomic E-state index is 13.3. The zero-order valence-corrected chi connectivity index (χ0v) is 21.9. The Morgan fingerprint density at radius 1 is 0.585 bits per heavy atom. The molecule has 0 radical (unpaired) electrons. The molecule has 4 rings (SSSR count). The van der Waals surface area contributed by atoms with Gasteiger partial charge in [0.2, 0.25) is 5.91 Å². The topological polar surface area (TPSA) is 170 Å². The average molecular weight is 571 g/mol. The van der Waals surface area contributed by atoms with Gasteiger partial charge in [0.1, 0.15) is 5.25 Å². The van der Waals surface area contributed by atoms with Gasteiger partial charge in [-0.25, -0.2) is 14.4 Å². The van der Waals surface area contributed by atoms with Crippen molar-refractivity contribution in [3.8, 4) is 0 Å². The van der Waals surface area contributed by atoms with Crippen LogP contribution in [0.2, 0.25) is 0 Å². The van der Waals surface area contributed by atoms with Crippen molar-refractivity contribution in [3.63, 3.8) is 0 Å². The molecule has 1 unspecified atom stereocenters. The van der Waals surface area contributed by atoms with Crippen LogP contribution in [0.4, 0.5) is 11.4 Å². The highest BCUT2D eigenvalue weighted by atomic mass is 32.2. The monoisotopic (exact) mass is 570 g/mol. The van der Waals surface area contributed by atoms with Crippen molar-refractivity contribution in [3.05, 3.63) is 125 Å². The van der Waals surface area contributed by atoms with Gasteiger partial charge < -0.3 is 26.0 Å². The van der Waals surface area contributed by atoms with Gasteiger partial charge in [0.05, 0.1) is 22.3 Å². The third kappa shape index (κ3) is 7.16. The number of aromatic carboxylic acids is 3. The quantitative estimate of drug-likeness (QED) is 0.154. The van der Waals surface area contributed by atoms with Crippen LogP contribution in [-0.4, -0.2) is 45.0 Å². The van der Waals surface area contributed by atoms with Crippen molar-refractivity contribution >= 4 is 52.9 Å². The van der Waals surface area contributed by atoms with Crippen LogP contribution in [0.1, 0.15) is 52.2 Å². The van der Waals surface area contributed by atoms with Crippen molar-refractivity contribution in [1.29, 1.82) is 0 Å². The lowest BCUT2D eigenvalue weighted by Crippen LogP contribution is -2.19. The fourth-order valence-electron chi connectivity index (χ4n) is 3.81. The fraction of sp³-hybridized carbons (Fsp3) is 0.0333. The maximum absolute atomic E-state index is 13.3. The molecule has 4 aromatic carbocycles. The highest BCUT2D eigenvalue weighted by Crippen LogP contribution is 2.37. The average Bonchev–Trinajstić information content (AvgIpc) is 2.97. The first-order valence-corrected chi connectivity index (χ1v) is 12.9. The minimum atomic E-state index is -1.44. The van der Waals surface area contributed by atoms with Gasteiger partial charge in [-0.15, -0.1) is 11.8 Å². The van der Waals surface area contributed by atoms with E-state index >= 15 is 0 Å². The van der Waals surface area contributed by atoms with E-state index in [0.717, 1.165) is 23.8 Å². The number of amides is 2. The predicted octanol–water partition coefficient (Wildman–Crippen LogP) is 5.51. The second-order valence-electron chi connectivity index (χ2n) is 8.63. The number of hydrogen-bond acceptors (Lipinski definition) is 6. The molecule has 0 heterocycles. The third-order valence-electron chi connectivity index (χ3n) is 5.85. The number of hydrogen-bond donors (Lipinski definition) is 5. The van der Waals surface area contributed by atoms with Crippen molar-refractivity contribution < 1.29 is 39.3 Å². The van der Waals surface area contributed by atoms with E-state index in [1.165, 1.54) is 36.0 Å². The molecule has 0 aliphatic heterocycles. The van der Waals surface area contributed by atoms with E-state index in [2.05, 4.69) is 10.6 Å². The van der Waals surface area contributed by atoms with Crippen LogP contribution in [0.25, 0.3) is 0 Å². The Morgan fingerprint density at radius 2 is 1.15 bits per heavy atom. The summed E-state index contributed by atoms with van der Waals surface area (Å²) in [6, 6.07) is 24.7. The summed E-state index contributed by atoms with van der Waals surface area (Å²) < 4.78 is 0. The third-order valence-corrected chi connectivity index (χ3v) is 7.11. The Morgan fingerprint density at radius 3 is 1.73 bits per heavy atom. The van der Waals surface area contributed by atoms with Gasteiger partial charge in [-0.3, -0.25) is 9.59 Å². The summed E-state index contributed by atoms with van der Waals surface area (Å²) in [6.07, 6.45) is 0. The number of carbonyl (C=O) groups excluding carboxylic acids is 2. The first-order valence-electron chi connectivity index (χ1n) is 12.0. The second-order valence-corrected chi connectivity index (χ2v) is 9.81. The lowest BCUT2D eigenvalue weighted by molar-refractivity contribution is -0.115. The van der Waals surface area contributed by atoms with Crippen LogP contribution in [0.15, 0.2) is 102 Å². The molecule has 206 valence electrons. The number of thioether (sulfide) groups is 1. The molecule has 10 nitrogen and oxygen atoms in total. The molecule has 1 atom stereocenters. The number of nitrogens with one attached hydrogen (secondary N) is 2. The first-order chi connectivity index (χ1) is 19.6. The molecule has 0 aliphatic carbocycles. The molecule has 0 saturated carbocycles. The summed E-state index contributed by atoms with van der Waals surface area (Å²) in [5.74, 6) is -4.87. The van der Waals surface area contributed by atoms with Gasteiger partial charge in [-0.05, 0) is 72.3 Å². The number of carboxylic acid groups (broad SMARTS) is 3. The van der Waals surface area contributed by atoms with Gasteiger partial charge in [0, 0.05) is 16.3 Å². The molecule has 0 aromatic heterocycles. The number of carbonyl (C=O) groups is 5. The van der Waals surface area contributed by atoms with E-state index < -0.39 is 34.6 Å². The minimum Gasteiger partial charge on any atom is -0.478 e. The first kappa shape index (κ1) is 28.6. The molecule has 4 aromatic rings. The number of carboxylic acids is 3. The highest BCUT2D eigenvalue weighted by Gasteiger charge is 2.23. The van der Waals surface area contributed by atoms with E-state index in [1.807, 2.05) is 30.3 Å². The van der Waals surface area contributed by atoms with Crippen molar-refractivity contribution in [2.24, 2.45) is 0 Å². The SMILES string of the molecule is O=C(O)c1ccc(NC(=O)C(Sc2ccc(NC(=O)c3ccc(C(=O)O)cc3C(=O)O)cc2)c2ccccc2)cc1. The smallest absolute Gasteiger partial charge is 0.336 e. The Bertz CT molecular complexity index is 1620. The van der Waals surface area contributed by atoms with Crippen LogP contribution >= 0.6 is 11.8 Å². The summed E-state index contributed by atoms with van der Waals surface area (Å²) in [6.45, 7) is 0. The Hall–Kier alpha value is -5.42. The lowest BCUT2D eigenvalue weighted by atomic mass is 10.0.